The second-order valence-electron chi connectivity index (χ2n) is 10.6. The molecule has 0 amide bonds. The normalized spacial score (nSPS) is 14.1. The SMILES string of the molecule is Cc1ccc(N2CN3C(=N2)c2ccc(-c4c(C(C)C)cccc4C(C)C)cc2-c2ccccc23)cc1. The van der Waals surface area contributed by atoms with E-state index in [0.717, 1.165) is 11.5 Å². The van der Waals surface area contributed by atoms with Gasteiger partial charge < -0.3 is 4.90 Å². The molecular weight excluding hydrogens is 438 g/mol. The molecule has 2 heterocycles. The summed E-state index contributed by atoms with van der Waals surface area (Å²) in [5.74, 6) is 1.94. The molecule has 2 aliphatic heterocycles. The Morgan fingerprint density at radius 2 is 1.39 bits per heavy atom. The molecule has 0 bridgehead atoms. The summed E-state index contributed by atoms with van der Waals surface area (Å²) < 4.78 is 0. The number of aryl methyl sites for hydroxylation is 1. The molecule has 3 heteroatoms. The summed E-state index contributed by atoms with van der Waals surface area (Å²) in [7, 11) is 0. The highest BCUT2D eigenvalue weighted by atomic mass is 15.6. The van der Waals surface area contributed by atoms with Crippen LogP contribution in [0.4, 0.5) is 11.4 Å². The van der Waals surface area contributed by atoms with Gasteiger partial charge in [-0.2, -0.15) is 5.10 Å². The second-order valence-corrected chi connectivity index (χ2v) is 10.6. The van der Waals surface area contributed by atoms with Gasteiger partial charge in [0.25, 0.3) is 0 Å². The van der Waals surface area contributed by atoms with Crippen LogP contribution < -0.4 is 9.91 Å². The van der Waals surface area contributed by atoms with Crippen molar-refractivity contribution in [2.45, 2.75) is 46.5 Å². The van der Waals surface area contributed by atoms with Crippen LogP contribution in [0.2, 0.25) is 0 Å². The molecule has 0 aromatic heterocycles. The zero-order valence-electron chi connectivity index (χ0n) is 21.8. The van der Waals surface area contributed by atoms with Crippen LogP contribution in [0.1, 0.15) is 61.8 Å². The maximum absolute atomic E-state index is 5.12. The zero-order chi connectivity index (χ0) is 25.0. The lowest BCUT2D eigenvalue weighted by atomic mass is 9.83. The summed E-state index contributed by atoms with van der Waals surface area (Å²) in [6.45, 7) is 12.0. The Bertz CT molecular complexity index is 1450. The smallest absolute Gasteiger partial charge is 0.163 e. The van der Waals surface area contributed by atoms with E-state index in [1.165, 1.54) is 50.2 Å². The number of fused-ring (bicyclic) bond motifs is 6. The lowest BCUT2D eigenvalue weighted by Gasteiger charge is -2.30. The van der Waals surface area contributed by atoms with E-state index in [4.69, 9.17) is 5.10 Å². The molecule has 0 unspecified atom stereocenters. The highest BCUT2D eigenvalue weighted by Gasteiger charge is 2.34. The third kappa shape index (κ3) is 3.62. The average Bonchev–Trinajstić information content (AvgIpc) is 3.34. The topological polar surface area (TPSA) is 18.8 Å². The minimum absolute atomic E-state index is 0.458. The molecule has 0 aliphatic carbocycles. The number of rotatable bonds is 4. The minimum atomic E-state index is 0.458. The third-order valence-electron chi connectivity index (χ3n) is 7.49. The van der Waals surface area contributed by atoms with Gasteiger partial charge in [-0.15, -0.1) is 0 Å². The van der Waals surface area contributed by atoms with Gasteiger partial charge in [0.1, 0.15) is 6.67 Å². The fourth-order valence-electron chi connectivity index (χ4n) is 5.59. The number of hydrogen-bond donors (Lipinski definition) is 0. The first kappa shape index (κ1) is 22.6. The molecule has 0 saturated heterocycles. The van der Waals surface area contributed by atoms with Gasteiger partial charge in [0, 0.05) is 11.1 Å². The van der Waals surface area contributed by atoms with Crippen molar-refractivity contribution in [2.75, 3.05) is 16.6 Å². The molecule has 4 aromatic carbocycles. The Morgan fingerprint density at radius 3 is 2.08 bits per heavy atom. The van der Waals surface area contributed by atoms with E-state index >= 15 is 0 Å². The van der Waals surface area contributed by atoms with Gasteiger partial charge in [-0.25, -0.2) is 5.01 Å². The van der Waals surface area contributed by atoms with E-state index in [1.807, 2.05) is 0 Å². The summed E-state index contributed by atoms with van der Waals surface area (Å²) >= 11 is 0. The number of para-hydroxylation sites is 1. The standard InChI is InChI=1S/C33H33N3/c1-21(2)26-10-8-11-27(22(3)4)32(26)24-15-18-29-30(19-24)28-9-6-7-12-31(28)35-20-36(34-33(29)35)25-16-13-23(5)14-17-25/h6-19,21-22H,20H2,1-5H3. The monoisotopic (exact) mass is 471 g/mol. The van der Waals surface area contributed by atoms with Gasteiger partial charge in [0.2, 0.25) is 0 Å². The fraction of sp³-hybridized carbons (Fsp3) is 0.242. The number of hydrazone groups is 1. The molecular formula is C33H33N3. The molecule has 180 valence electrons. The van der Waals surface area contributed by atoms with Gasteiger partial charge in [-0.05, 0) is 76.9 Å². The Morgan fingerprint density at radius 1 is 0.694 bits per heavy atom. The first-order chi connectivity index (χ1) is 17.4. The molecule has 0 saturated carbocycles. The lowest BCUT2D eigenvalue weighted by Crippen LogP contribution is -2.34. The molecule has 0 radical (unpaired) electrons. The Balaban J connectivity index is 1.53. The van der Waals surface area contributed by atoms with Crippen LogP contribution in [-0.4, -0.2) is 12.5 Å². The van der Waals surface area contributed by atoms with Crippen LogP contribution in [0.3, 0.4) is 0 Å². The van der Waals surface area contributed by atoms with Crippen molar-refractivity contribution in [1.82, 2.24) is 0 Å². The molecule has 0 atom stereocenters. The molecule has 36 heavy (non-hydrogen) atoms. The van der Waals surface area contributed by atoms with E-state index in [1.54, 1.807) is 0 Å². The third-order valence-corrected chi connectivity index (χ3v) is 7.49. The summed E-state index contributed by atoms with van der Waals surface area (Å²) in [6.07, 6.45) is 0. The summed E-state index contributed by atoms with van der Waals surface area (Å²) in [6, 6.07) is 31.2. The van der Waals surface area contributed by atoms with Gasteiger partial charge in [0.05, 0.1) is 11.4 Å². The van der Waals surface area contributed by atoms with Crippen LogP contribution >= 0.6 is 0 Å². The summed E-state index contributed by atoms with van der Waals surface area (Å²) in [5.41, 5.74) is 12.8. The van der Waals surface area contributed by atoms with Crippen molar-refractivity contribution >= 4 is 17.2 Å². The van der Waals surface area contributed by atoms with Gasteiger partial charge in [-0.3, -0.25) is 0 Å². The first-order valence-corrected chi connectivity index (χ1v) is 13.0. The molecule has 0 N–H and O–H groups in total. The van der Waals surface area contributed by atoms with Gasteiger partial charge >= 0.3 is 0 Å². The predicted octanol–water partition coefficient (Wildman–Crippen LogP) is 8.54. The maximum atomic E-state index is 5.12. The van der Waals surface area contributed by atoms with Gasteiger partial charge in [-0.1, -0.05) is 87.9 Å². The number of benzene rings is 4. The number of anilines is 2. The van der Waals surface area contributed by atoms with Crippen molar-refractivity contribution < 1.29 is 0 Å². The fourth-order valence-corrected chi connectivity index (χ4v) is 5.59. The van der Waals surface area contributed by atoms with Crippen molar-refractivity contribution in [3.05, 3.63) is 107 Å². The average molecular weight is 472 g/mol. The minimum Gasteiger partial charge on any atom is -0.304 e. The zero-order valence-corrected chi connectivity index (χ0v) is 21.8. The van der Waals surface area contributed by atoms with Crippen LogP contribution in [0.15, 0.2) is 90.0 Å². The summed E-state index contributed by atoms with van der Waals surface area (Å²) in [4.78, 5) is 2.35. The van der Waals surface area contributed by atoms with Crippen molar-refractivity contribution in [3.8, 4) is 22.3 Å². The van der Waals surface area contributed by atoms with Crippen molar-refractivity contribution in [3.63, 3.8) is 0 Å². The number of nitrogens with zero attached hydrogens (tertiary/aromatic N) is 3. The van der Waals surface area contributed by atoms with Crippen LogP contribution in [-0.2, 0) is 0 Å². The van der Waals surface area contributed by atoms with Crippen LogP contribution in [0.25, 0.3) is 22.3 Å². The van der Waals surface area contributed by atoms with Crippen molar-refractivity contribution in [2.24, 2.45) is 5.10 Å². The van der Waals surface area contributed by atoms with Crippen molar-refractivity contribution in [1.29, 1.82) is 0 Å². The van der Waals surface area contributed by atoms with E-state index in [0.29, 0.717) is 18.5 Å². The second kappa shape index (κ2) is 8.67. The highest BCUT2D eigenvalue weighted by molar-refractivity contribution is 6.20. The molecule has 0 fully saturated rings. The predicted molar refractivity (Wildman–Crippen MR) is 153 cm³/mol. The maximum Gasteiger partial charge on any atom is 0.163 e. The quantitative estimate of drug-likeness (QED) is 0.297. The van der Waals surface area contributed by atoms with E-state index < -0.39 is 0 Å². The Labute approximate surface area is 214 Å². The molecule has 6 rings (SSSR count). The summed E-state index contributed by atoms with van der Waals surface area (Å²) in [5, 5.41) is 7.23. The first-order valence-electron chi connectivity index (χ1n) is 13.0. The van der Waals surface area contributed by atoms with Crippen LogP contribution in [0, 0.1) is 6.92 Å². The number of hydrogen-bond acceptors (Lipinski definition) is 3. The molecule has 4 aromatic rings. The Kier molecular flexibility index (Phi) is 5.44. The highest BCUT2D eigenvalue weighted by Crippen LogP contribution is 2.45. The van der Waals surface area contributed by atoms with Crippen LogP contribution in [0.5, 0.6) is 0 Å². The van der Waals surface area contributed by atoms with E-state index in [-0.39, 0.29) is 0 Å². The number of amidine groups is 1. The van der Waals surface area contributed by atoms with E-state index in [2.05, 4.69) is 129 Å². The Hall–Kier alpha value is -3.85. The van der Waals surface area contributed by atoms with Gasteiger partial charge in [0.15, 0.2) is 5.84 Å². The molecule has 2 aliphatic rings. The van der Waals surface area contributed by atoms with E-state index in [9.17, 15) is 0 Å². The lowest BCUT2D eigenvalue weighted by molar-refractivity contribution is 0.838. The molecule has 0 spiro atoms. The largest absolute Gasteiger partial charge is 0.304 e. The molecule has 3 nitrogen and oxygen atoms in total.